The van der Waals surface area contributed by atoms with Gasteiger partial charge in [0, 0.05) is 17.6 Å². The molecular formula is C19H14F3N3O2. The average Bonchev–Trinajstić information content (AvgIpc) is 2.63. The van der Waals surface area contributed by atoms with Crippen LogP contribution in [-0.4, -0.2) is 17.3 Å². The highest BCUT2D eigenvalue weighted by molar-refractivity contribution is 6.07. The van der Waals surface area contributed by atoms with Gasteiger partial charge in [0.05, 0.1) is 5.56 Å². The molecule has 0 unspecified atom stereocenters. The van der Waals surface area contributed by atoms with Gasteiger partial charge in [-0.1, -0.05) is 18.2 Å². The third-order valence-electron chi connectivity index (χ3n) is 3.43. The van der Waals surface area contributed by atoms with E-state index in [9.17, 15) is 18.0 Å². The molecule has 27 heavy (non-hydrogen) atoms. The first kappa shape index (κ1) is 18.2. The van der Waals surface area contributed by atoms with Crippen LogP contribution in [0.25, 0.3) is 0 Å². The maximum Gasteiger partial charge on any atom is 0.573 e. The SMILES string of the molecule is O=C(Nc1ccccc1)c1cccnc1Nc1ccc(OC(F)(F)F)cc1. The number of amides is 1. The van der Waals surface area contributed by atoms with Crippen LogP contribution in [0.1, 0.15) is 10.4 Å². The molecule has 0 aliphatic carbocycles. The number of hydrogen-bond donors (Lipinski definition) is 2. The van der Waals surface area contributed by atoms with E-state index >= 15 is 0 Å². The Morgan fingerprint density at radius 3 is 2.26 bits per heavy atom. The Morgan fingerprint density at radius 1 is 0.889 bits per heavy atom. The van der Waals surface area contributed by atoms with Gasteiger partial charge in [-0.3, -0.25) is 4.79 Å². The van der Waals surface area contributed by atoms with E-state index in [1.165, 1.54) is 30.5 Å². The summed E-state index contributed by atoms with van der Waals surface area (Å²) in [7, 11) is 0. The molecule has 3 aromatic rings. The second kappa shape index (κ2) is 7.77. The summed E-state index contributed by atoms with van der Waals surface area (Å²) in [5.41, 5.74) is 1.37. The molecule has 0 radical (unpaired) electrons. The Hall–Kier alpha value is -3.55. The van der Waals surface area contributed by atoms with Crippen LogP contribution in [0.5, 0.6) is 5.75 Å². The molecule has 3 rings (SSSR count). The van der Waals surface area contributed by atoms with Crippen molar-refractivity contribution >= 4 is 23.1 Å². The Morgan fingerprint density at radius 2 is 1.59 bits per heavy atom. The molecule has 0 bridgehead atoms. The number of nitrogens with zero attached hydrogens (tertiary/aromatic N) is 1. The number of para-hydroxylation sites is 1. The van der Waals surface area contributed by atoms with E-state index in [2.05, 4.69) is 20.4 Å². The summed E-state index contributed by atoms with van der Waals surface area (Å²) in [5, 5.41) is 5.68. The van der Waals surface area contributed by atoms with Crippen LogP contribution in [-0.2, 0) is 0 Å². The molecular weight excluding hydrogens is 359 g/mol. The monoisotopic (exact) mass is 373 g/mol. The third-order valence-corrected chi connectivity index (χ3v) is 3.43. The molecule has 2 aromatic carbocycles. The maximum absolute atomic E-state index is 12.5. The van der Waals surface area contributed by atoms with Gasteiger partial charge < -0.3 is 15.4 Å². The van der Waals surface area contributed by atoms with E-state index in [1.54, 1.807) is 36.4 Å². The van der Waals surface area contributed by atoms with Crippen molar-refractivity contribution in [3.05, 3.63) is 78.5 Å². The van der Waals surface area contributed by atoms with Crippen LogP contribution in [0.3, 0.4) is 0 Å². The lowest BCUT2D eigenvalue weighted by molar-refractivity contribution is -0.274. The number of anilines is 3. The summed E-state index contributed by atoms with van der Waals surface area (Å²) in [5.74, 6) is -0.430. The number of nitrogens with one attached hydrogen (secondary N) is 2. The second-order valence-electron chi connectivity index (χ2n) is 5.42. The fourth-order valence-electron chi connectivity index (χ4n) is 2.28. The first-order valence-corrected chi connectivity index (χ1v) is 7.85. The Bertz CT molecular complexity index is 913. The van der Waals surface area contributed by atoms with Crippen molar-refractivity contribution in [3.8, 4) is 5.75 Å². The number of alkyl halides is 3. The molecule has 0 aliphatic rings. The average molecular weight is 373 g/mol. The summed E-state index contributed by atoms with van der Waals surface area (Å²) in [4.78, 5) is 16.6. The fourth-order valence-corrected chi connectivity index (χ4v) is 2.28. The van der Waals surface area contributed by atoms with E-state index in [1.807, 2.05) is 6.07 Å². The molecule has 0 fully saturated rings. The number of pyridine rings is 1. The minimum Gasteiger partial charge on any atom is -0.406 e. The lowest BCUT2D eigenvalue weighted by Crippen LogP contribution is -2.17. The quantitative estimate of drug-likeness (QED) is 0.662. The number of benzene rings is 2. The first-order valence-electron chi connectivity index (χ1n) is 7.85. The van der Waals surface area contributed by atoms with Crippen LogP contribution in [0.2, 0.25) is 0 Å². The summed E-state index contributed by atoms with van der Waals surface area (Å²) in [6, 6.07) is 17.3. The number of carbonyl (C=O) groups is 1. The largest absolute Gasteiger partial charge is 0.573 e. The Balaban J connectivity index is 1.75. The van der Waals surface area contributed by atoms with Gasteiger partial charge in [-0.2, -0.15) is 0 Å². The molecule has 0 atom stereocenters. The smallest absolute Gasteiger partial charge is 0.406 e. The second-order valence-corrected chi connectivity index (χ2v) is 5.42. The van der Waals surface area contributed by atoms with Gasteiger partial charge in [0.1, 0.15) is 11.6 Å². The molecule has 0 aliphatic heterocycles. The van der Waals surface area contributed by atoms with Gasteiger partial charge in [0.2, 0.25) is 0 Å². The molecule has 5 nitrogen and oxygen atoms in total. The summed E-state index contributed by atoms with van der Waals surface area (Å²) >= 11 is 0. The van der Waals surface area contributed by atoms with Crippen molar-refractivity contribution in [3.63, 3.8) is 0 Å². The van der Waals surface area contributed by atoms with Crippen LogP contribution < -0.4 is 15.4 Å². The molecule has 0 saturated carbocycles. The van der Waals surface area contributed by atoms with Crippen molar-refractivity contribution in [2.45, 2.75) is 6.36 Å². The van der Waals surface area contributed by atoms with E-state index in [0.29, 0.717) is 11.4 Å². The van der Waals surface area contributed by atoms with Gasteiger partial charge in [-0.05, 0) is 48.5 Å². The van der Waals surface area contributed by atoms with Gasteiger partial charge >= 0.3 is 6.36 Å². The molecule has 2 N–H and O–H groups in total. The number of aromatic nitrogens is 1. The van der Waals surface area contributed by atoms with Crippen molar-refractivity contribution < 1.29 is 22.7 Å². The van der Waals surface area contributed by atoms with Gasteiger partial charge in [0.25, 0.3) is 5.91 Å². The number of halogens is 3. The van der Waals surface area contributed by atoms with E-state index < -0.39 is 6.36 Å². The van der Waals surface area contributed by atoms with Crippen LogP contribution >= 0.6 is 0 Å². The highest BCUT2D eigenvalue weighted by atomic mass is 19.4. The fraction of sp³-hybridized carbons (Fsp3) is 0.0526. The van der Waals surface area contributed by atoms with E-state index in [-0.39, 0.29) is 23.0 Å². The third kappa shape index (κ3) is 5.21. The molecule has 1 heterocycles. The van der Waals surface area contributed by atoms with E-state index in [4.69, 9.17) is 0 Å². The summed E-state index contributed by atoms with van der Waals surface area (Å²) < 4.78 is 40.5. The van der Waals surface area contributed by atoms with Gasteiger partial charge in [-0.25, -0.2) is 4.98 Å². The molecule has 0 spiro atoms. The molecule has 0 saturated heterocycles. The number of ether oxygens (including phenoxy) is 1. The lowest BCUT2D eigenvalue weighted by atomic mass is 10.2. The minimum atomic E-state index is -4.75. The van der Waals surface area contributed by atoms with Crippen molar-refractivity contribution in [1.82, 2.24) is 4.98 Å². The highest BCUT2D eigenvalue weighted by Gasteiger charge is 2.30. The van der Waals surface area contributed by atoms with Gasteiger partial charge in [-0.15, -0.1) is 13.2 Å². The normalized spacial score (nSPS) is 10.9. The van der Waals surface area contributed by atoms with E-state index in [0.717, 1.165) is 0 Å². The topological polar surface area (TPSA) is 63.2 Å². The number of hydrogen-bond acceptors (Lipinski definition) is 4. The minimum absolute atomic E-state index is 0.274. The predicted octanol–water partition coefficient (Wildman–Crippen LogP) is 4.98. The van der Waals surface area contributed by atoms with Gasteiger partial charge in [0.15, 0.2) is 0 Å². The van der Waals surface area contributed by atoms with Crippen LogP contribution in [0.15, 0.2) is 72.9 Å². The predicted molar refractivity (Wildman–Crippen MR) is 95.0 cm³/mol. The summed E-state index contributed by atoms with van der Waals surface area (Å²) in [6.07, 6.45) is -3.25. The Labute approximate surface area is 152 Å². The maximum atomic E-state index is 12.5. The zero-order valence-corrected chi connectivity index (χ0v) is 13.8. The molecule has 138 valence electrons. The van der Waals surface area contributed by atoms with Crippen molar-refractivity contribution in [2.75, 3.05) is 10.6 Å². The lowest BCUT2D eigenvalue weighted by Gasteiger charge is -2.12. The number of rotatable bonds is 5. The zero-order chi connectivity index (χ0) is 19.3. The molecule has 8 heteroatoms. The summed E-state index contributed by atoms with van der Waals surface area (Å²) in [6.45, 7) is 0. The zero-order valence-electron chi connectivity index (χ0n) is 13.8. The highest BCUT2D eigenvalue weighted by Crippen LogP contribution is 2.26. The van der Waals surface area contributed by atoms with Crippen molar-refractivity contribution in [2.24, 2.45) is 0 Å². The Kier molecular flexibility index (Phi) is 5.25. The molecule has 1 amide bonds. The standard InChI is InChI=1S/C19H14F3N3O2/c20-19(21,22)27-15-10-8-14(9-11-15)24-17-16(7-4-12-23-17)18(26)25-13-5-2-1-3-6-13/h1-12H,(H,23,24)(H,25,26). The van der Waals surface area contributed by atoms with Crippen LogP contribution in [0, 0.1) is 0 Å². The molecule has 1 aromatic heterocycles. The first-order chi connectivity index (χ1) is 12.9. The van der Waals surface area contributed by atoms with Crippen molar-refractivity contribution in [1.29, 1.82) is 0 Å². The number of carbonyl (C=O) groups excluding carboxylic acids is 1. The van der Waals surface area contributed by atoms with Crippen LogP contribution in [0.4, 0.5) is 30.4 Å².